The van der Waals surface area contributed by atoms with Crippen LogP contribution in [0.15, 0.2) is 29.4 Å². The molecule has 1 fully saturated rings. The van der Waals surface area contributed by atoms with Crippen molar-refractivity contribution < 1.29 is 4.74 Å². The van der Waals surface area contributed by atoms with Gasteiger partial charge in [0.05, 0.1) is 12.6 Å². The number of nitrogens with zero attached hydrogens (tertiary/aromatic N) is 1. The van der Waals surface area contributed by atoms with Crippen molar-refractivity contribution in [3.05, 3.63) is 35.5 Å². The van der Waals surface area contributed by atoms with Crippen LogP contribution in [-0.4, -0.2) is 43.3 Å². The van der Waals surface area contributed by atoms with Crippen LogP contribution >= 0.6 is 0 Å². The highest BCUT2D eigenvalue weighted by atomic mass is 16.5. The number of H-pyrrole nitrogens is 1. The maximum atomic E-state index is 5.64. The zero-order valence-corrected chi connectivity index (χ0v) is 14.7. The molecular formula is C19H28N4O. The topological polar surface area (TPSA) is 61.4 Å². The Kier molecular flexibility index (Phi) is 5.75. The smallest absolute Gasteiger partial charge is 0.191 e. The Morgan fingerprint density at radius 2 is 2.29 bits per heavy atom. The average Bonchev–Trinajstić information content (AvgIpc) is 3.22. The van der Waals surface area contributed by atoms with E-state index in [0.29, 0.717) is 0 Å². The molecule has 2 heterocycles. The van der Waals surface area contributed by atoms with Gasteiger partial charge in [0.15, 0.2) is 5.96 Å². The molecule has 0 bridgehead atoms. The van der Waals surface area contributed by atoms with Gasteiger partial charge in [0.1, 0.15) is 0 Å². The van der Waals surface area contributed by atoms with Crippen molar-refractivity contribution in [1.29, 1.82) is 0 Å². The molecule has 5 heteroatoms. The maximum absolute atomic E-state index is 5.64. The lowest BCUT2D eigenvalue weighted by Crippen LogP contribution is -2.38. The second-order valence-electron chi connectivity index (χ2n) is 6.39. The molecule has 0 aliphatic carbocycles. The predicted octanol–water partition coefficient (Wildman–Crippen LogP) is 2.75. The normalized spacial score (nSPS) is 18.2. The van der Waals surface area contributed by atoms with Crippen LogP contribution in [0, 0.1) is 6.92 Å². The van der Waals surface area contributed by atoms with Crippen LogP contribution in [-0.2, 0) is 11.2 Å². The van der Waals surface area contributed by atoms with Crippen LogP contribution in [0.25, 0.3) is 10.9 Å². The number of nitrogens with one attached hydrogen (secondary N) is 3. The quantitative estimate of drug-likeness (QED) is 0.564. The van der Waals surface area contributed by atoms with E-state index in [1.807, 2.05) is 0 Å². The Hall–Kier alpha value is -2.01. The van der Waals surface area contributed by atoms with E-state index in [2.05, 4.69) is 58.9 Å². The van der Waals surface area contributed by atoms with Crippen LogP contribution in [0.3, 0.4) is 0 Å². The van der Waals surface area contributed by atoms with Crippen molar-refractivity contribution in [3.8, 4) is 0 Å². The summed E-state index contributed by atoms with van der Waals surface area (Å²) in [5.41, 5.74) is 3.83. The van der Waals surface area contributed by atoms with Gasteiger partial charge < -0.3 is 20.4 Å². The summed E-state index contributed by atoms with van der Waals surface area (Å²) in [7, 11) is 0. The molecule has 2 aromatic rings. The van der Waals surface area contributed by atoms with Crippen molar-refractivity contribution in [2.75, 3.05) is 26.2 Å². The van der Waals surface area contributed by atoms with E-state index in [1.165, 1.54) is 22.0 Å². The molecule has 0 spiro atoms. The number of fused-ring (bicyclic) bond motifs is 1. The molecule has 3 N–H and O–H groups in total. The molecule has 1 aromatic carbocycles. The van der Waals surface area contributed by atoms with Gasteiger partial charge in [-0.15, -0.1) is 0 Å². The van der Waals surface area contributed by atoms with Crippen molar-refractivity contribution in [3.63, 3.8) is 0 Å². The van der Waals surface area contributed by atoms with Crippen molar-refractivity contribution in [2.24, 2.45) is 4.99 Å². The first-order valence-corrected chi connectivity index (χ1v) is 8.96. The second-order valence-corrected chi connectivity index (χ2v) is 6.39. The van der Waals surface area contributed by atoms with Gasteiger partial charge in [0.2, 0.25) is 0 Å². The molecule has 24 heavy (non-hydrogen) atoms. The fourth-order valence-corrected chi connectivity index (χ4v) is 3.15. The van der Waals surface area contributed by atoms with Gasteiger partial charge in [0.25, 0.3) is 0 Å². The van der Waals surface area contributed by atoms with Gasteiger partial charge >= 0.3 is 0 Å². The molecule has 1 saturated heterocycles. The van der Waals surface area contributed by atoms with Crippen LogP contribution in [0.1, 0.15) is 30.9 Å². The van der Waals surface area contributed by atoms with Crippen molar-refractivity contribution in [2.45, 2.75) is 39.2 Å². The fourth-order valence-electron chi connectivity index (χ4n) is 3.15. The zero-order chi connectivity index (χ0) is 16.8. The Bertz CT molecular complexity index is 686. The summed E-state index contributed by atoms with van der Waals surface area (Å²) in [5, 5.41) is 8.04. The minimum atomic E-state index is 0.289. The maximum Gasteiger partial charge on any atom is 0.191 e. The van der Waals surface area contributed by atoms with Crippen molar-refractivity contribution in [1.82, 2.24) is 15.6 Å². The second kappa shape index (κ2) is 8.20. The van der Waals surface area contributed by atoms with E-state index in [1.54, 1.807) is 0 Å². The first-order valence-electron chi connectivity index (χ1n) is 8.96. The molecule has 5 nitrogen and oxygen atoms in total. The van der Waals surface area contributed by atoms with E-state index in [9.17, 15) is 0 Å². The van der Waals surface area contributed by atoms with Gasteiger partial charge in [-0.05, 0) is 50.3 Å². The Balaban J connectivity index is 1.54. The third kappa shape index (κ3) is 4.29. The van der Waals surface area contributed by atoms with E-state index in [0.717, 1.165) is 51.5 Å². The molecule has 1 aliphatic rings. The molecule has 130 valence electrons. The minimum Gasteiger partial charge on any atom is -0.376 e. The highest BCUT2D eigenvalue weighted by Gasteiger charge is 2.14. The predicted molar refractivity (Wildman–Crippen MR) is 99.7 cm³/mol. The standard InChI is InChI=1S/C19H28N4O/c1-3-20-19(23-13-16-5-4-10-24-16)21-9-8-15-12-22-18-11-14(2)6-7-17(15)18/h6-7,11-12,16,22H,3-5,8-10,13H2,1-2H3,(H2,20,21,23). The molecule has 1 aromatic heterocycles. The number of rotatable bonds is 6. The minimum absolute atomic E-state index is 0.289. The molecule has 3 rings (SSSR count). The summed E-state index contributed by atoms with van der Waals surface area (Å²) in [4.78, 5) is 8.01. The number of aromatic nitrogens is 1. The highest BCUT2D eigenvalue weighted by molar-refractivity contribution is 5.84. The van der Waals surface area contributed by atoms with Crippen LogP contribution in [0.4, 0.5) is 0 Å². The number of guanidine groups is 1. The lowest BCUT2D eigenvalue weighted by molar-refractivity contribution is 0.117. The number of aliphatic imine (C=N–C) groups is 1. The van der Waals surface area contributed by atoms with E-state index in [4.69, 9.17) is 4.74 Å². The van der Waals surface area contributed by atoms with Gasteiger partial charge in [0, 0.05) is 36.8 Å². The van der Waals surface area contributed by atoms with E-state index in [-0.39, 0.29) is 6.10 Å². The lowest BCUT2D eigenvalue weighted by Gasteiger charge is -2.12. The third-order valence-corrected chi connectivity index (χ3v) is 4.43. The molecule has 1 aliphatic heterocycles. The van der Waals surface area contributed by atoms with E-state index < -0.39 is 0 Å². The first kappa shape index (κ1) is 16.8. The van der Waals surface area contributed by atoms with Crippen LogP contribution < -0.4 is 10.6 Å². The van der Waals surface area contributed by atoms with E-state index >= 15 is 0 Å². The molecule has 0 radical (unpaired) electrons. The van der Waals surface area contributed by atoms with Crippen molar-refractivity contribution >= 4 is 16.9 Å². The molecule has 0 amide bonds. The first-order chi connectivity index (χ1) is 11.8. The lowest BCUT2D eigenvalue weighted by atomic mass is 10.1. The molecular weight excluding hydrogens is 300 g/mol. The number of aryl methyl sites for hydroxylation is 1. The molecule has 0 saturated carbocycles. The Labute approximate surface area is 143 Å². The highest BCUT2D eigenvalue weighted by Crippen LogP contribution is 2.19. The fraction of sp³-hybridized carbons (Fsp3) is 0.526. The summed E-state index contributed by atoms with van der Waals surface area (Å²) in [6, 6.07) is 6.56. The monoisotopic (exact) mass is 328 g/mol. The SMILES string of the molecule is CCNC(=NCC1CCCO1)NCCc1c[nH]c2cc(C)ccc12. The number of hydrogen-bond acceptors (Lipinski definition) is 2. The van der Waals surface area contributed by atoms with Crippen LogP contribution in [0.5, 0.6) is 0 Å². The van der Waals surface area contributed by atoms with Crippen LogP contribution in [0.2, 0.25) is 0 Å². The average molecular weight is 328 g/mol. The Morgan fingerprint density at radius 1 is 1.38 bits per heavy atom. The summed E-state index contributed by atoms with van der Waals surface area (Å²) in [5.74, 6) is 0.878. The number of hydrogen-bond donors (Lipinski definition) is 3. The largest absolute Gasteiger partial charge is 0.376 e. The Morgan fingerprint density at radius 3 is 3.08 bits per heavy atom. The third-order valence-electron chi connectivity index (χ3n) is 4.43. The summed E-state index contributed by atoms with van der Waals surface area (Å²) in [6.45, 7) is 7.55. The molecule has 1 atom stereocenters. The van der Waals surface area contributed by atoms with Gasteiger partial charge in [-0.2, -0.15) is 0 Å². The molecule has 1 unspecified atom stereocenters. The number of ether oxygens (including phenoxy) is 1. The van der Waals surface area contributed by atoms with Gasteiger partial charge in [-0.3, -0.25) is 4.99 Å². The van der Waals surface area contributed by atoms with Gasteiger partial charge in [-0.1, -0.05) is 12.1 Å². The summed E-state index contributed by atoms with van der Waals surface area (Å²) in [6.07, 6.45) is 5.65. The van der Waals surface area contributed by atoms with Gasteiger partial charge in [-0.25, -0.2) is 0 Å². The summed E-state index contributed by atoms with van der Waals surface area (Å²) >= 11 is 0. The summed E-state index contributed by atoms with van der Waals surface area (Å²) < 4.78 is 5.64. The zero-order valence-electron chi connectivity index (χ0n) is 14.7. The number of benzene rings is 1. The number of aromatic amines is 1.